The van der Waals surface area contributed by atoms with E-state index >= 15 is 0 Å². The van der Waals surface area contributed by atoms with Gasteiger partial charge in [-0.3, -0.25) is 9.51 Å². The molecule has 0 bridgehead atoms. The molecule has 84 valence electrons. The normalized spacial score (nSPS) is 26.7. The fourth-order valence-corrected chi connectivity index (χ4v) is 2.46. The van der Waals surface area contributed by atoms with Crippen molar-refractivity contribution >= 4 is 0 Å². The number of hydrogen-bond acceptors (Lipinski definition) is 4. The highest BCUT2D eigenvalue weighted by molar-refractivity contribution is 4.87. The summed E-state index contributed by atoms with van der Waals surface area (Å²) < 4.78 is 4.48. The molecule has 0 saturated heterocycles. The summed E-state index contributed by atoms with van der Waals surface area (Å²) in [7, 11) is 0. The van der Waals surface area contributed by atoms with Gasteiger partial charge in [-0.25, -0.2) is 4.79 Å². The van der Waals surface area contributed by atoms with Crippen molar-refractivity contribution in [3.05, 3.63) is 16.4 Å². The smallest absolute Gasteiger partial charge is 0.330 e. The van der Waals surface area contributed by atoms with Crippen LogP contribution in [0.5, 0.6) is 0 Å². The highest BCUT2D eigenvalue weighted by Crippen LogP contribution is 2.30. The Morgan fingerprint density at radius 1 is 1.40 bits per heavy atom. The number of hydrogen-bond donors (Lipinski definition) is 2. The molecule has 1 aliphatic rings. The lowest BCUT2D eigenvalue weighted by molar-refractivity contribution is 0.237. The Bertz CT molecular complexity index is 358. The molecule has 1 saturated carbocycles. The van der Waals surface area contributed by atoms with Crippen molar-refractivity contribution in [2.24, 2.45) is 17.6 Å². The Morgan fingerprint density at radius 2 is 2.13 bits per heavy atom. The second-order valence-corrected chi connectivity index (χ2v) is 4.29. The lowest BCUT2D eigenvalue weighted by atomic mass is 9.77. The van der Waals surface area contributed by atoms with Gasteiger partial charge in [-0.2, -0.15) is 0 Å². The zero-order valence-corrected chi connectivity index (χ0v) is 8.74. The Balaban J connectivity index is 2.00. The van der Waals surface area contributed by atoms with Gasteiger partial charge in [-0.05, 0) is 31.2 Å². The molecular weight excluding hydrogens is 194 g/mol. The van der Waals surface area contributed by atoms with Crippen LogP contribution in [0.15, 0.2) is 9.32 Å². The number of aromatic nitrogens is 2. The van der Waals surface area contributed by atoms with E-state index in [9.17, 15) is 4.79 Å². The number of nitrogens with two attached hydrogens (primary N) is 1. The number of aromatic amines is 1. The zero-order chi connectivity index (χ0) is 10.7. The quantitative estimate of drug-likeness (QED) is 0.769. The van der Waals surface area contributed by atoms with E-state index in [4.69, 9.17) is 5.73 Å². The summed E-state index contributed by atoms with van der Waals surface area (Å²) >= 11 is 0. The van der Waals surface area contributed by atoms with Crippen molar-refractivity contribution in [3.8, 4) is 0 Å². The molecule has 15 heavy (non-hydrogen) atoms. The summed E-state index contributed by atoms with van der Waals surface area (Å²) in [6.45, 7) is 0.729. The summed E-state index contributed by atoms with van der Waals surface area (Å²) in [6, 6.07) is 0. The third-order valence-corrected chi connectivity index (χ3v) is 3.31. The molecule has 5 nitrogen and oxygen atoms in total. The third-order valence-electron chi connectivity index (χ3n) is 3.31. The third kappa shape index (κ3) is 2.47. The highest BCUT2D eigenvalue weighted by atomic mass is 16.5. The lowest BCUT2D eigenvalue weighted by Gasteiger charge is -2.29. The minimum atomic E-state index is -0.467. The van der Waals surface area contributed by atoms with Crippen molar-refractivity contribution in [2.75, 3.05) is 6.54 Å². The molecule has 1 aromatic heterocycles. The van der Waals surface area contributed by atoms with E-state index in [0.717, 1.165) is 13.0 Å². The largest absolute Gasteiger partial charge is 0.438 e. The molecule has 0 aliphatic heterocycles. The van der Waals surface area contributed by atoms with Crippen molar-refractivity contribution in [1.82, 2.24) is 10.1 Å². The van der Waals surface area contributed by atoms with Gasteiger partial charge < -0.3 is 5.73 Å². The first-order valence-electron chi connectivity index (χ1n) is 5.54. The molecule has 1 heterocycles. The van der Waals surface area contributed by atoms with Gasteiger partial charge in [0.25, 0.3) is 0 Å². The first-order valence-corrected chi connectivity index (χ1v) is 5.54. The molecule has 2 atom stereocenters. The van der Waals surface area contributed by atoms with Crippen LogP contribution < -0.4 is 11.5 Å². The second kappa shape index (κ2) is 4.61. The van der Waals surface area contributed by atoms with Crippen LogP contribution >= 0.6 is 0 Å². The summed E-state index contributed by atoms with van der Waals surface area (Å²) in [5, 5.41) is 3.69. The first kappa shape index (κ1) is 10.4. The van der Waals surface area contributed by atoms with Gasteiger partial charge in [0.15, 0.2) is 5.82 Å². The number of nitrogens with zero attached hydrogens (tertiary/aromatic N) is 1. The standard InChI is InChI=1S/C10H17N3O2/c11-6-8-4-2-1-3-7(8)5-9-12-10(14)15-13-9/h7-8H,1-6,11H2,(H,12,13,14)/t7-,8+/m1/s1. The number of rotatable bonds is 3. The van der Waals surface area contributed by atoms with E-state index in [1.54, 1.807) is 0 Å². The Hall–Kier alpha value is -1.10. The van der Waals surface area contributed by atoms with E-state index in [2.05, 4.69) is 14.7 Å². The van der Waals surface area contributed by atoms with Crippen LogP contribution in [0.25, 0.3) is 0 Å². The van der Waals surface area contributed by atoms with Crippen LogP contribution in [0.4, 0.5) is 0 Å². The van der Waals surface area contributed by atoms with Crippen LogP contribution in [0.3, 0.4) is 0 Å². The van der Waals surface area contributed by atoms with Gasteiger partial charge >= 0.3 is 5.76 Å². The van der Waals surface area contributed by atoms with Gasteiger partial charge in [0.2, 0.25) is 0 Å². The molecule has 3 N–H and O–H groups in total. The topological polar surface area (TPSA) is 84.9 Å². The van der Waals surface area contributed by atoms with Gasteiger partial charge in [-0.15, -0.1) is 0 Å². The van der Waals surface area contributed by atoms with E-state index in [0.29, 0.717) is 17.7 Å². The fourth-order valence-electron chi connectivity index (χ4n) is 2.46. The Kier molecular flexibility index (Phi) is 3.20. The summed E-state index contributed by atoms with van der Waals surface area (Å²) in [6.07, 6.45) is 5.69. The monoisotopic (exact) mass is 211 g/mol. The minimum Gasteiger partial charge on any atom is -0.330 e. The van der Waals surface area contributed by atoms with Crippen LogP contribution in [0.1, 0.15) is 31.5 Å². The van der Waals surface area contributed by atoms with Crippen LogP contribution in [-0.2, 0) is 6.42 Å². The zero-order valence-electron chi connectivity index (χ0n) is 8.74. The van der Waals surface area contributed by atoms with E-state index in [-0.39, 0.29) is 0 Å². The summed E-state index contributed by atoms with van der Waals surface area (Å²) in [5.74, 6) is 1.30. The van der Waals surface area contributed by atoms with E-state index < -0.39 is 5.76 Å². The van der Waals surface area contributed by atoms with E-state index in [1.165, 1.54) is 25.7 Å². The summed E-state index contributed by atoms with van der Waals surface area (Å²) in [4.78, 5) is 13.4. The maximum atomic E-state index is 10.8. The number of H-pyrrole nitrogens is 1. The number of nitrogens with one attached hydrogen (secondary N) is 1. The predicted octanol–water partition coefficient (Wildman–Crippen LogP) is 0.671. The molecule has 0 radical (unpaired) electrons. The second-order valence-electron chi connectivity index (χ2n) is 4.29. The molecule has 0 amide bonds. The Morgan fingerprint density at radius 3 is 2.73 bits per heavy atom. The van der Waals surface area contributed by atoms with Gasteiger partial charge in [-0.1, -0.05) is 18.0 Å². The molecule has 0 aromatic carbocycles. The highest BCUT2D eigenvalue weighted by Gasteiger charge is 2.25. The SMILES string of the molecule is NC[C@@H]1CCCC[C@@H]1Cc1noc(=O)[nH]1. The Labute approximate surface area is 88.0 Å². The van der Waals surface area contributed by atoms with Crippen molar-refractivity contribution in [3.63, 3.8) is 0 Å². The first-order chi connectivity index (χ1) is 7.29. The predicted molar refractivity (Wildman–Crippen MR) is 55.3 cm³/mol. The molecule has 0 unspecified atom stereocenters. The molecule has 1 fully saturated rings. The molecule has 2 rings (SSSR count). The molecule has 0 spiro atoms. The van der Waals surface area contributed by atoms with Crippen molar-refractivity contribution in [1.29, 1.82) is 0 Å². The molecular formula is C10H17N3O2. The van der Waals surface area contributed by atoms with Crippen LogP contribution in [0.2, 0.25) is 0 Å². The average molecular weight is 211 g/mol. The van der Waals surface area contributed by atoms with Crippen molar-refractivity contribution in [2.45, 2.75) is 32.1 Å². The van der Waals surface area contributed by atoms with Gasteiger partial charge in [0.05, 0.1) is 0 Å². The van der Waals surface area contributed by atoms with Crippen LogP contribution in [0, 0.1) is 11.8 Å². The average Bonchev–Trinajstić information content (AvgIpc) is 2.65. The van der Waals surface area contributed by atoms with E-state index in [1.807, 2.05) is 0 Å². The van der Waals surface area contributed by atoms with Gasteiger partial charge in [0, 0.05) is 6.42 Å². The van der Waals surface area contributed by atoms with Crippen LogP contribution in [-0.4, -0.2) is 16.7 Å². The minimum absolute atomic E-state index is 0.467. The lowest BCUT2D eigenvalue weighted by Crippen LogP contribution is -2.28. The molecule has 1 aromatic rings. The summed E-state index contributed by atoms with van der Waals surface area (Å²) in [5.41, 5.74) is 5.74. The fraction of sp³-hybridized carbons (Fsp3) is 0.800. The van der Waals surface area contributed by atoms with Crippen molar-refractivity contribution < 1.29 is 4.52 Å². The van der Waals surface area contributed by atoms with Gasteiger partial charge in [0.1, 0.15) is 0 Å². The molecule has 5 heteroatoms. The maximum Gasteiger partial charge on any atom is 0.438 e. The molecule has 1 aliphatic carbocycles. The maximum absolute atomic E-state index is 10.8.